The molecule has 2 saturated heterocycles. The summed E-state index contributed by atoms with van der Waals surface area (Å²) < 4.78 is 10.4. The Morgan fingerprint density at radius 3 is 2.35 bits per heavy atom. The van der Waals surface area contributed by atoms with Gasteiger partial charge in [-0.15, -0.1) is 0 Å². The minimum absolute atomic E-state index is 0.0796. The van der Waals surface area contributed by atoms with E-state index in [4.69, 9.17) is 9.47 Å². The number of carbonyl (C=O) groups excluding carboxylic acids is 1. The van der Waals surface area contributed by atoms with Crippen LogP contribution in [0.25, 0.3) is 0 Å². The highest BCUT2D eigenvalue weighted by atomic mass is 16.6. The number of aromatic nitrogens is 2. The first-order valence-corrected chi connectivity index (χ1v) is 8.85. The van der Waals surface area contributed by atoms with Crippen LogP contribution in [0.4, 0.5) is 17.3 Å². The zero-order chi connectivity index (χ0) is 18.5. The molecule has 0 bridgehead atoms. The number of piperidine rings is 1. The Balaban J connectivity index is 1.80. The van der Waals surface area contributed by atoms with Gasteiger partial charge in [-0.3, -0.25) is 14.9 Å². The van der Waals surface area contributed by atoms with Gasteiger partial charge in [0.15, 0.2) is 0 Å². The van der Waals surface area contributed by atoms with Crippen molar-refractivity contribution in [2.75, 3.05) is 55.8 Å². The molecule has 0 aromatic carbocycles. The Morgan fingerprint density at radius 1 is 1.23 bits per heavy atom. The largest absolute Gasteiger partial charge is 0.466 e. The Kier molecular flexibility index (Phi) is 5.82. The minimum Gasteiger partial charge on any atom is -0.466 e. The SMILES string of the molecule is CCOC(=O)C1CCN(c2ncnc(N3CCOCC3)c2[N+](=O)[O-])CC1. The normalized spacial score (nSPS) is 18.7. The van der Waals surface area contributed by atoms with Crippen molar-refractivity contribution in [2.24, 2.45) is 5.92 Å². The quantitative estimate of drug-likeness (QED) is 0.428. The predicted octanol–water partition coefficient (Wildman–Crippen LogP) is 1.00. The second kappa shape index (κ2) is 8.26. The Labute approximate surface area is 151 Å². The van der Waals surface area contributed by atoms with Crippen LogP contribution in [-0.4, -0.2) is 66.9 Å². The molecule has 0 spiro atoms. The van der Waals surface area contributed by atoms with E-state index in [-0.39, 0.29) is 17.6 Å². The molecule has 10 heteroatoms. The van der Waals surface area contributed by atoms with E-state index in [1.807, 2.05) is 9.80 Å². The fraction of sp³-hybridized carbons (Fsp3) is 0.688. The van der Waals surface area contributed by atoms with E-state index in [0.717, 1.165) is 0 Å². The van der Waals surface area contributed by atoms with Crippen LogP contribution in [0.5, 0.6) is 0 Å². The smallest absolute Gasteiger partial charge is 0.353 e. The Hall–Kier alpha value is -2.49. The van der Waals surface area contributed by atoms with Gasteiger partial charge in [-0.1, -0.05) is 0 Å². The van der Waals surface area contributed by atoms with Gasteiger partial charge in [-0.25, -0.2) is 9.97 Å². The molecule has 10 nitrogen and oxygen atoms in total. The highest BCUT2D eigenvalue weighted by molar-refractivity contribution is 5.74. The number of hydrogen-bond acceptors (Lipinski definition) is 9. The molecule has 0 atom stereocenters. The molecule has 0 N–H and O–H groups in total. The maximum Gasteiger partial charge on any atom is 0.353 e. The van der Waals surface area contributed by atoms with E-state index in [9.17, 15) is 14.9 Å². The van der Waals surface area contributed by atoms with E-state index in [1.165, 1.54) is 6.33 Å². The number of ether oxygens (including phenoxy) is 2. The third kappa shape index (κ3) is 3.85. The molecule has 0 radical (unpaired) electrons. The summed E-state index contributed by atoms with van der Waals surface area (Å²) in [5, 5.41) is 11.8. The zero-order valence-corrected chi connectivity index (χ0v) is 14.8. The van der Waals surface area contributed by atoms with Crippen molar-refractivity contribution in [1.82, 2.24) is 9.97 Å². The van der Waals surface area contributed by atoms with Crippen molar-refractivity contribution in [3.8, 4) is 0 Å². The average Bonchev–Trinajstić information content (AvgIpc) is 2.68. The summed E-state index contributed by atoms with van der Waals surface area (Å²) in [4.78, 5) is 35.3. The van der Waals surface area contributed by atoms with Crippen LogP contribution < -0.4 is 9.80 Å². The molecule has 1 aromatic rings. The monoisotopic (exact) mass is 365 g/mol. The number of hydrogen-bond donors (Lipinski definition) is 0. The van der Waals surface area contributed by atoms with Crippen LogP contribution in [0.3, 0.4) is 0 Å². The molecule has 3 heterocycles. The highest BCUT2D eigenvalue weighted by Crippen LogP contribution is 2.36. The van der Waals surface area contributed by atoms with Gasteiger partial charge in [0.05, 0.1) is 30.7 Å². The van der Waals surface area contributed by atoms with Crippen molar-refractivity contribution in [2.45, 2.75) is 19.8 Å². The van der Waals surface area contributed by atoms with Crippen molar-refractivity contribution >= 4 is 23.3 Å². The van der Waals surface area contributed by atoms with Crippen molar-refractivity contribution < 1.29 is 19.2 Å². The van der Waals surface area contributed by atoms with E-state index in [1.54, 1.807) is 6.92 Å². The molecule has 2 aliphatic heterocycles. The van der Waals surface area contributed by atoms with E-state index >= 15 is 0 Å². The van der Waals surface area contributed by atoms with Gasteiger partial charge >= 0.3 is 11.7 Å². The lowest BCUT2D eigenvalue weighted by Crippen LogP contribution is -2.39. The van der Waals surface area contributed by atoms with Gasteiger partial charge in [-0.05, 0) is 19.8 Å². The Bertz CT molecular complexity index is 656. The van der Waals surface area contributed by atoms with Crippen molar-refractivity contribution in [1.29, 1.82) is 0 Å². The fourth-order valence-electron chi connectivity index (χ4n) is 3.35. The lowest BCUT2D eigenvalue weighted by Gasteiger charge is -2.32. The second-order valence-electron chi connectivity index (χ2n) is 6.24. The lowest BCUT2D eigenvalue weighted by molar-refractivity contribution is -0.383. The molecule has 0 aliphatic carbocycles. The number of esters is 1. The van der Waals surface area contributed by atoms with Crippen LogP contribution in [-0.2, 0) is 14.3 Å². The summed E-state index contributed by atoms with van der Waals surface area (Å²) in [6.45, 7) is 5.32. The summed E-state index contributed by atoms with van der Waals surface area (Å²) in [5.41, 5.74) is -0.0796. The first kappa shape index (κ1) is 18.3. The molecule has 0 unspecified atom stereocenters. The molecule has 142 valence electrons. The average molecular weight is 365 g/mol. The maximum atomic E-state index is 11.9. The van der Waals surface area contributed by atoms with Gasteiger partial charge in [0.2, 0.25) is 11.6 Å². The zero-order valence-electron chi connectivity index (χ0n) is 14.8. The molecule has 0 amide bonds. The summed E-state index contributed by atoms with van der Waals surface area (Å²) in [6.07, 6.45) is 2.55. The van der Waals surface area contributed by atoms with Crippen LogP contribution in [0, 0.1) is 16.0 Å². The fourth-order valence-corrected chi connectivity index (χ4v) is 3.35. The number of nitro groups is 1. The van der Waals surface area contributed by atoms with Crippen LogP contribution in [0.15, 0.2) is 6.33 Å². The first-order valence-electron chi connectivity index (χ1n) is 8.85. The molecular formula is C16H23N5O5. The first-order chi connectivity index (χ1) is 12.6. The molecule has 3 rings (SSSR count). The van der Waals surface area contributed by atoms with Gasteiger partial charge in [0, 0.05) is 26.2 Å². The molecule has 2 aliphatic rings. The van der Waals surface area contributed by atoms with E-state index in [0.29, 0.717) is 70.5 Å². The number of carbonyl (C=O) groups is 1. The summed E-state index contributed by atoms with van der Waals surface area (Å²) in [6, 6.07) is 0. The number of anilines is 2. The van der Waals surface area contributed by atoms with E-state index < -0.39 is 4.92 Å². The van der Waals surface area contributed by atoms with E-state index in [2.05, 4.69) is 9.97 Å². The number of rotatable bonds is 5. The minimum atomic E-state index is -0.419. The van der Waals surface area contributed by atoms with Gasteiger partial charge in [0.1, 0.15) is 6.33 Å². The van der Waals surface area contributed by atoms with Crippen LogP contribution >= 0.6 is 0 Å². The highest BCUT2D eigenvalue weighted by Gasteiger charge is 2.34. The summed E-state index contributed by atoms with van der Waals surface area (Å²) in [7, 11) is 0. The topological polar surface area (TPSA) is 111 Å². The molecule has 26 heavy (non-hydrogen) atoms. The number of morpholine rings is 1. The molecule has 0 saturated carbocycles. The number of nitrogens with zero attached hydrogens (tertiary/aromatic N) is 5. The molecular weight excluding hydrogens is 342 g/mol. The molecule has 2 fully saturated rings. The maximum absolute atomic E-state index is 11.9. The standard InChI is InChI=1S/C16H23N5O5/c1-2-26-16(22)12-3-5-19(6-4-12)14-13(21(23)24)15(18-11-17-14)20-7-9-25-10-8-20/h11-12H,2-10H2,1H3. The third-order valence-corrected chi connectivity index (χ3v) is 4.69. The Morgan fingerprint density at radius 2 is 1.81 bits per heavy atom. The second-order valence-corrected chi connectivity index (χ2v) is 6.24. The third-order valence-electron chi connectivity index (χ3n) is 4.69. The van der Waals surface area contributed by atoms with Crippen LogP contribution in [0.2, 0.25) is 0 Å². The van der Waals surface area contributed by atoms with Crippen molar-refractivity contribution in [3.05, 3.63) is 16.4 Å². The van der Waals surface area contributed by atoms with Gasteiger partial charge < -0.3 is 19.3 Å². The molecule has 1 aromatic heterocycles. The summed E-state index contributed by atoms with van der Waals surface area (Å²) >= 11 is 0. The van der Waals surface area contributed by atoms with Crippen LogP contribution in [0.1, 0.15) is 19.8 Å². The predicted molar refractivity (Wildman–Crippen MR) is 93.3 cm³/mol. The lowest BCUT2D eigenvalue weighted by atomic mass is 9.97. The van der Waals surface area contributed by atoms with Gasteiger partial charge in [0.25, 0.3) is 0 Å². The summed E-state index contributed by atoms with van der Waals surface area (Å²) in [5.74, 6) is 0.286. The van der Waals surface area contributed by atoms with Gasteiger partial charge in [-0.2, -0.15) is 0 Å². The van der Waals surface area contributed by atoms with Crippen molar-refractivity contribution in [3.63, 3.8) is 0 Å².